The summed E-state index contributed by atoms with van der Waals surface area (Å²) in [7, 11) is 3.92. The van der Waals surface area contributed by atoms with Gasteiger partial charge in [-0.25, -0.2) is 0 Å². The lowest BCUT2D eigenvalue weighted by Gasteiger charge is -2.47. The molecule has 5 rings (SSSR count). The van der Waals surface area contributed by atoms with Gasteiger partial charge >= 0.3 is 0 Å². The highest BCUT2D eigenvalue weighted by Crippen LogP contribution is 2.49. The molecule has 0 amide bonds. The Hall–Kier alpha value is -1.72. The van der Waals surface area contributed by atoms with Crippen LogP contribution in [0.15, 0.2) is 48.5 Å². The van der Waals surface area contributed by atoms with Crippen LogP contribution in [0, 0.1) is 5.21 Å². The lowest BCUT2D eigenvalue weighted by Crippen LogP contribution is -2.44. The molecule has 26 heavy (non-hydrogen) atoms. The molecule has 3 heterocycles. The van der Waals surface area contributed by atoms with Crippen molar-refractivity contribution in [3.63, 3.8) is 0 Å². The van der Waals surface area contributed by atoms with Gasteiger partial charge in [0.05, 0.1) is 13.6 Å². The number of nitrogens with zero attached hydrogens (tertiary/aromatic N) is 2. The van der Waals surface area contributed by atoms with Gasteiger partial charge in [0.1, 0.15) is 19.6 Å². The van der Waals surface area contributed by atoms with E-state index in [0.29, 0.717) is 12.8 Å². The number of hydrogen-bond acceptors (Lipinski definition) is 2. The number of likely N-dealkylation sites (N-methyl/N-ethyl adjacent to an activating group) is 2. The highest BCUT2D eigenvalue weighted by Gasteiger charge is 2.59. The Bertz CT molecular complexity index is 789. The first-order chi connectivity index (χ1) is 11.9. The van der Waals surface area contributed by atoms with Crippen molar-refractivity contribution in [1.29, 1.82) is 0 Å². The SMILES string of the molecule is C.CC1c2ccccc2CC[N+]1(C)[O-].C[N+]12CCc3ccccc3C1O2. The number of rotatable bonds is 0. The Balaban J connectivity index is 0.000000145. The fourth-order valence-electron chi connectivity index (χ4n) is 4.07. The summed E-state index contributed by atoms with van der Waals surface area (Å²) in [5.41, 5.74) is 5.44. The maximum absolute atomic E-state index is 12.0. The summed E-state index contributed by atoms with van der Waals surface area (Å²) in [4.78, 5) is 5.63. The van der Waals surface area contributed by atoms with Gasteiger partial charge in [-0.3, -0.25) is 0 Å². The lowest BCUT2D eigenvalue weighted by atomic mass is 9.94. The third-order valence-electron chi connectivity index (χ3n) is 6.09. The van der Waals surface area contributed by atoms with E-state index in [-0.39, 0.29) is 18.1 Å². The molecule has 140 valence electrons. The molecule has 2 aromatic rings. The fraction of sp³-hybridized carbons (Fsp3) is 0.455. The first-order valence-corrected chi connectivity index (χ1v) is 9.16. The number of hydroxylamine groups is 6. The Labute approximate surface area is 157 Å². The zero-order valence-corrected chi connectivity index (χ0v) is 15.3. The first kappa shape index (κ1) is 19.1. The third-order valence-corrected chi connectivity index (χ3v) is 6.09. The van der Waals surface area contributed by atoms with Crippen molar-refractivity contribution in [1.82, 2.24) is 0 Å². The van der Waals surface area contributed by atoms with Crippen LogP contribution in [0.1, 0.15) is 48.9 Å². The highest BCUT2D eigenvalue weighted by atomic mass is 16.9. The fourth-order valence-corrected chi connectivity index (χ4v) is 4.07. The predicted molar refractivity (Wildman–Crippen MR) is 105 cm³/mol. The number of quaternary nitrogens is 2. The van der Waals surface area contributed by atoms with Gasteiger partial charge in [-0.05, 0) is 24.1 Å². The summed E-state index contributed by atoms with van der Waals surface area (Å²) in [6.45, 7) is 3.85. The molecule has 1 saturated heterocycles. The summed E-state index contributed by atoms with van der Waals surface area (Å²) < 4.78 is 0.675. The monoisotopic (exact) mass is 355 g/mol. The molecular weight excluding hydrogens is 324 g/mol. The van der Waals surface area contributed by atoms with Crippen molar-refractivity contribution in [3.8, 4) is 0 Å². The molecule has 1 fully saturated rings. The van der Waals surface area contributed by atoms with E-state index in [1.807, 2.05) is 19.1 Å². The average Bonchev–Trinajstić information content (AvgIpc) is 3.32. The van der Waals surface area contributed by atoms with Crippen LogP contribution >= 0.6 is 0 Å². The van der Waals surface area contributed by atoms with E-state index in [1.54, 1.807) is 7.05 Å². The van der Waals surface area contributed by atoms with Crippen molar-refractivity contribution in [2.24, 2.45) is 0 Å². The Morgan fingerprint density at radius 2 is 1.42 bits per heavy atom. The zero-order valence-electron chi connectivity index (χ0n) is 15.3. The summed E-state index contributed by atoms with van der Waals surface area (Å²) in [6, 6.07) is 17.0. The van der Waals surface area contributed by atoms with Crippen LogP contribution in [0.4, 0.5) is 0 Å². The van der Waals surface area contributed by atoms with Gasteiger partial charge in [0.25, 0.3) is 6.23 Å². The number of benzene rings is 2. The van der Waals surface area contributed by atoms with E-state index in [1.165, 1.54) is 22.3 Å². The van der Waals surface area contributed by atoms with E-state index in [4.69, 9.17) is 4.84 Å². The van der Waals surface area contributed by atoms with Crippen LogP contribution in [0.3, 0.4) is 0 Å². The Morgan fingerprint density at radius 3 is 2.12 bits per heavy atom. The van der Waals surface area contributed by atoms with Crippen molar-refractivity contribution in [2.75, 3.05) is 27.2 Å². The van der Waals surface area contributed by atoms with Crippen molar-refractivity contribution in [3.05, 3.63) is 76.0 Å². The summed E-state index contributed by atoms with van der Waals surface area (Å²) in [6.07, 6.45) is 2.42. The van der Waals surface area contributed by atoms with E-state index in [0.717, 1.165) is 24.0 Å². The summed E-state index contributed by atoms with van der Waals surface area (Å²) in [5.74, 6) is 0. The highest BCUT2D eigenvalue weighted by molar-refractivity contribution is 5.31. The minimum absolute atomic E-state index is 0. The van der Waals surface area contributed by atoms with Crippen LogP contribution in [0.5, 0.6) is 0 Å². The molecule has 4 atom stereocenters. The molecule has 4 nitrogen and oxygen atoms in total. The molecule has 0 bridgehead atoms. The van der Waals surface area contributed by atoms with Crippen LogP contribution in [0.2, 0.25) is 0 Å². The van der Waals surface area contributed by atoms with Crippen molar-refractivity contribution < 1.29 is 14.1 Å². The Morgan fingerprint density at radius 1 is 0.885 bits per heavy atom. The first-order valence-electron chi connectivity index (χ1n) is 9.16. The Kier molecular flexibility index (Phi) is 4.97. The molecule has 0 aliphatic carbocycles. The minimum Gasteiger partial charge on any atom is -0.633 e. The van der Waals surface area contributed by atoms with E-state index in [9.17, 15) is 5.21 Å². The predicted octanol–water partition coefficient (Wildman–Crippen LogP) is 4.52. The van der Waals surface area contributed by atoms with E-state index in [2.05, 4.69) is 43.4 Å². The minimum atomic E-state index is -0.128. The molecule has 0 aromatic heterocycles. The molecule has 3 aliphatic heterocycles. The second kappa shape index (κ2) is 6.78. The second-order valence-corrected chi connectivity index (χ2v) is 7.83. The molecule has 0 spiro atoms. The maximum atomic E-state index is 12.0. The summed E-state index contributed by atoms with van der Waals surface area (Å²) in [5, 5.41) is 12.0. The van der Waals surface area contributed by atoms with E-state index >= 15 is 0 Å². The molecule has 0 N–H and O–H groups in total. The van der Waals surface area contributed by atoms with Gasteiger partial charge in [0, 0.05) is 24.0 Å². The number of hydrogen-bond donors (Lipinski definition) is 0. The lowest BCUT2D eigenvalue weighted by molar-refractivity contribution is -0.906. The molecule has 4 heteroatoms. The van der Waals surface area contributed by atoms with Crippen molar-refractivity contribution in [2.45, 2.75) is 39.5 Å². The molecule has 0 saturated carbocycles. The van der Waals surface area contributed by atoms with Gasteiger partial charge in [0.15, 0.2) is 0 Å². The molecule has 2 aromatic carbocycles. The topological polar surface area (TPSA) is 35.6 Å². The normalized spacial score (nSPS) is 33.4. The molecule has 4 unspecified atom stereocenters. The average molecular weight is 356 g/mol. The van der Waals surface area contributed by atoms with Crippen LogP contribution in [-0.4, -0.2) is 36.5 Å². The summed E-state index contributed by atoms with van der Waals surface area (Å²) >= 11 is 0. The number of fused-ring (bicyclic) bond motifs is 4. The quantitative estimate of drug-likeness (QED) is 0.396. The largest absolute Gasteiger partial charge is 0.633 e. The second-order valence-electron chi connectivity index (χ2n) is 7.83. The van der Waals surface area contributed by atoms with Gasteiger partial charge in [-0.15, -0.1) is 9.48 Å². The molecular formula is C22H31N2O2+. The van der Waals surface area contributed by atoms with Crippen LogP contribution < -0.4 is 0 Å². The van der Waals surface area contributed by atoms with Gasteiger partial charge in [0.2, 0.25) is 0 Å². The van der Waals surface area contributed by atoms with Crippen LogP contribution in [-0.2, 0) is 17.7 Å². The standard InChI is InChI=1S/C11H15NO.C10H12NO.CH4/c1-9-11-6-4-3-5-10(11)7-8-12(9,2)13;1-11-7-6-8-4-2-3-5-9(8)10(11)12-11;/h3-6,9H,7-8H2,1-2H3;2-5,10H,6-7H2,1H3;1H4/q;+1;. The zero-order chi connectivity index (χ0) is 17.7. The third kappa shape index (κ3) is 3.30. The molecule has 0 radical (unpaired) electrons. The van der Waals surface area contributed by atoms with E-state index < -0.39 is 0 Å². The van der Waals surface area contributed by atoms with Gasteiger partial charge in [-0.1, -0.05) is 49.9 Å². The van der Waals surface area contributed by atoms with Gasteiger partial charge in [-0.2, -0.15) is 0 Å². The maximum Gasteiger partial charge on any atom is 0.300 e. The van der Waals surface area contributed by atoms with Gasteiger partial charge < -0.3 is 9.85 Å². The molecule has 3 aliphatic rings. The van der Waals surface area contributed by atoms with Crippen LogP contribution in [0.25, 0.3) is 0 Å². The smallest absolute Gasteiger partial charge is 0.300 e. The van der Waals surface area contributed by atoms with Crippen molar-refractivity contribution >= 4 is 0 Å².